The fourth-order valence-corrected chi connectivity index (χ4v) is 2.15. The van der Waals surface area contributed by atoms with Gasteiger partial charge in [-0.25, -0.2) is 9.37 Å². The molecule has 21 heavy (non-hydrogen) atoms. The van der Waals surface area contributed by atoms with Crippen LogP contribution in [-0.2, 0) is 24.8 Å². The summed E-state index contributed by atoms with van der Waals surface area (Å²) >= 11 is 5.70. The first-order valence-corrected chi connectivity index (χ1v) is 6.72. The van der Waals surface area contributed by atoms with E-state index < -0.39 is 17.8 Å². The van der Waals surface area contributed by atoms with Crippen molar-refractivity contribution in [1.29, 1.82) is 0 Å². The van der Waals surface area contributed by atoms with E-state index in [4.69, 9.17) is 11.6 Å². The summed E-state index contributed by atoms with van der Waals surface area (Å²) in [5, 5.41) is 12.1. The molecule has 2 rings (SSSR count). The topological polar surface area (TPSA) is 67.2 Å². The van der Waals surface area contributed by atoms with Crippen molar-refractivity contribution in [1.82, 2.24) is 14.9 Å². The molecule has 1 heterocycles. The van der Waals surface area contributed by atoms with Crippen LogP contribution in [0.3, 0.4) is 0 Å². The lowest BCUT2D eigenvalue weighted by molar-refractivity contribution is -0.139. The van der Waals surface area contributed by atoms with E-state index in [1.54, 1.807) is 23.0 Å². The molecule has 5 nitrogen and oxygen atoms in total. The Labute approximate surface area is 126 Å². The van der Waals surface area contributed by atoms with Gasteiger partial charge in [0.15, 0.2) is 0 Å². The van der Waals surface area contributed by atoms with Gasteiger partial charge >= 0.3 is 5.97 Å². The number of hydrogen-bond donors (Lipinski definition) is 2. The molecule has 0 fully saturated rings. The number of nitrogens with zero attached hydrogens (tertiary/aromatic N) is 2. The predicted octanol–water partition coefficient (Wildman–Crippen LogP) is 2.00. The van der Waals surface area contributed by atoms with Crippen molar-refractivity contribution < 1.29 is 14.3 Å². The van der Waals surface area contributed by atoms with E-state index in [2.05, 4.69) is 10.3 Å². The number of carboxylic acid groups (broad SMARTS) is 1. The van der Waals surface area contributed by atoms with E-state index in [-0.39, 0.29) is 23.6 Å². The summed E-state index contributed by atoms with van der Waals surface area (Å²) in [4.78, 5) is 15.4. The smallest absolute Gasteiger partial charge is 0.321 e. The molecule has 0 aliphatic rings. The van der Waals surface area contributed by atoms with E-state index in [0.29, 0.717) is 5.82 Å². The van der Waals surface area contributed by atoms with Gasteiger partial charge in [0.05, 0.1) is 11.6 Å². The lowest BCUT2D eigenvalue weighted by atomic mass is 10.1. The Morgan fingerprint density at radius 1 is 1.57 bits per heavy atom. The van der Waals surface area contributed by atoms with Gasteiger partial charge in [0, 0.05) is 25.9 Å². The Bertz CT molecular complexity index is 645. The maximum absolute atomic E-state index is 13.8. The molecule has 0 amide bonds. The van der Waals surface area contributed by atoms with E-state index in [0.717, 1.165) is 0 Å². The molecule has 2 aromatic rings. The van der Waals surface area contributed by atoms with Gasteiger partial charge in [0.1, 0.15) is 17.7 Å². The van der Waals surface area contributed by atoms with Crippen LogP contribution in [-0.4, -0.2) is 26.7 Å². The summed E-state index contributed by atoms with van der Waals surface area (Å²) in [6.07, 6.45) is 3.40. The molecule has 0 unspecified atom stereocenters. The average molecular weight is 312 g/mol. The molecule has 0 saturated heterocycles. The van der Waals surface area contributed by atoms with Crippen LogP contribution >= 0.6 is 11.6 Å². The van der Waals surface area contributed by atoms with Crippen LogP contribution in [0.1, 0.15) is 11.4 Å². The van der Waals surface area contributed by atoms with Gasteiger partial charge in [-0.2, -0.15) is 0 Å². The van der Waals surface area contributed by atoms with Crippen LogP contribution in [0.25, 0.3) is 0 Å². The van der Waals surface area contributed by atoms with Crippen LogP contribution in [0, 0.1) is 5.82 Å². The largest absolute Gasteiger partial charge is 0.480 e. The first kappa shape index (κ1) is 15.5. The SMILES string of the molecule is Cn1ccnc1CN[C@@H](Cc1cccc(Cl)c1F)C(=O)O. The van der Waals surface area contributed by atoms with Crippen molar-refractivity contribution in [3.63, 3.8) is 0 Å². The molecule has 1 aromatic carbocycles. The number of aliphatic carboxylic acids is 1. The molecular formula is C14H15ClFN3O2. The third-order valence-electron chi connectivity index (χ3n) is 3.18. The Balaban J connectivity index is 2.07. The van der Waals surface area contributed by atoms with Crippen molar-refractivity contribution in [2.45, 2.75) is 19.0 Å². The first-order valence-electron chi connectivity index (χ1n) is 6.34. The molecule has 1 atom stereocenters. The average Bonchev–Trinajstić information content (AvgIpc) is 2.84. The summed E-state index contributed by atoms with van der Waals surface area (Å²) in [5.74, 6) is -0.930. The monoisotopic (exact) mass is 311 g/mol. The van der Waals surface area contributed by atoms with E-state index in [1.807, 2.05) is 7.05 Å². The zero-order valence-corrected chi connectivity index (χ0v) is 12.1. The minimum Gasteiger partial charge on any atom is -0.480 e. The fraction of sp³-hybridized carbons (Fsp3) is 0.286. The summed E-state index contributed by atoms with van der Waals surface area (Å²) in [7, 11) is 1.82. The van der Waals surface area contributed by atoms with Crippen molar-refractivity contribution in [2.24, 2.45) is 7.05 Å². The lowest BCUT2D eigenvalue weighted by Gasteiger charge is -2.15. The highest BCUT2D eigenvalue weighted by Crippen LogP contribution is 2.19. The molecule has 112 valence electrons. The van der Waals surface area contributed by atoms with Crippen molar-refractivity contribution in [3.05, 3.63) is 52.8 Å². The minimum atomic E-state index is -1.05. The van der Waals surface area contributed by atoms with E-state index in [1.165, 1.54) is 12.1 Å². The zero-order valence-electron chi connectivity index (χ0n) is 11.4. The van der Waals surface area contributed by atoms with E-state index in [9.17, 15) is 14.3 Å². The summed E-state index contributed by atoms with van der Waals surface area (Å²) < 4.78 is 15.6. The first-order chi connectivity index (χ1) is 9.99. The predicted molar refractivity (Wildman–Crippen MR) is 76.6 cm³/mol. The minimum absolute atomic E-state index is 0.00610. The second-order valence-corrected chi connectivity index (χ2v) is 5.05. The maximum Gasteiger partial charge on any atom is 0.321 e. The fourth-order valence-electron chi connectivity index (χ4n) is 1.95. The number of carbonyl (C=O) groups is 1. The molecule has 0 radical (unpaired) electrons. The standard InChI is InChI=1S/C14H15ClFN3O2/c1-19-6-5-17-12(19)8-18-11(14(20)21)7-9-3-2-4-10(15)13(9)16/h2-6,11,18H,7-8H2,1H3,(H,20,21)/t11-/m0/s1. The van der Waals surface area contributed by atoms with Gasteiger partial charge in [-0.15, -0.1) is 0 Å². The second-order valence-electron chi connectivity index (χ2n) is 4.64. The molecule has 0 aliphatic heterocycles. The maximum atomic E-state index is 13.8. The van der Waals surface area contributed by atoms with Crippen LogP contribution in [0.5, 0.6) is 0 Å². The molecule has 7 heteroatoms. The number of rotatable bonds is 6. The Morgan fingerprint density at radius 3 is 2.95 bits per heavy atom. The third kappa shape index (κ3) is 3.80. The number of aryl methyl sites for hydroxylation is 1. The van der Waals surface area contributed by atoms with Gasteiger partial charge in [0.2, 0.25) is 0 Å². The lowest BCUT2D eigenvalue weighted by Crippen LogP contribution is -2.38. The molecule has 1 aromatic heterocycles. The number of halogens is 2. The Hall–Kier alpha value is -1.92. The van der Waals surface area contributed by atoms with E-state index >= 15 is 0 Å². The normalized spacial score (nSPS) is 12.3. The quantitative estimate of drug-likeness (QED) is 0.856. The Morgan fingerprint density at radius 2 is 2.33 bits per heavy atom. The highest BCUT2D eigenvalue weighted by atomic mass is 35.5. The van der Waals surface area contributed by atoms with Gasteiger partial charge in [-0.1, -0.05) is 23.7 Å². The van der Waals surface area contributed by atoms with Crippen LogP contribution < -0.4 is 5.32 Å². The molecular weight excluding hydrogens is 297 g/mol. The zero-order chi connectivity index (χ0) is 15.4. The van der Waals surface area contributed by atoms with Crippen LogP contribution in [0.4, 0.5) is 4.39 Å². The van der Waals surface area contributed by atoms with Gasteiger partial charge < -0.3 is 9.67 Å². The number of hydrogen-bond acceptors (Lipinski definition) is 3. The van der Waals surface area contributed by atoms with Crippen LogP contribution in [0.15, 0.2) is 30.6 Å². The van der Waals surface area contributed by atoms with Gasteiger partial charge in [-0.3, -0.25) is 10.1 Å². The number of nitrogens with one attached hydrogen (secondary N) is 1. The second kappa shape index (κ2) is 6.69. The summed E-state index contributed by atoms with van der Waals surface area (Å²) in [6.45, 7) is 0.280. The molecule has 0 aliphatic carbocycles. The van der Waals surface area contributed by atoms with Crippen molar-refractivity contribution >= 4 is 17.6 Å². The molecule has 0 saturated carbocycles. The number of aromatic nitrogens is 2. The van der Waals surface area contributed by atoms with Crippen LogP contribution in [0.2, 0.25) is 5.02 Å². The molecule has 0 bridgehead atoms. The van der Waals surface area contributed by atoms with Crippen molar-refractivity contribution in [3.8, 4) is 0 Å². The Kier molecular flexibility index (Phi) is 4.93. The van der Waals surface area contributed by atoms with Gasteiger partial charge in [-0.05, 0) is 11.6 Å². The number of carboxylic acids is 1. The highest BCUT2D eigenvalue weighted by Gasteiger charge is 2.20. The molecule has 2 N–H and O–H groups in total. The number of imidazole rings is 1. The third-order valence-corrected chi connectivity index (χ3v) is 3.47. The number of benzene rings is 1. The van der Waals surface area contributed by atoms with Crippen molar-refractivity contribution in [2.75, 3.05) is 0 Å². The highest BCUT2D eigenvalue weighted by molar-refractivity contribution is 6.30. The van der Waals surface area contributed by atoms with Gasteiger partial charge in [0.25, 0.3) is 0 Å². The summed E-state index contributed by atoms with van der Waals surface area (Å²) in [5.41, 5.74) is 0.266. The summed E-state index contributed by atoms with van der Waals surface area (Å²) in [6, 6.07) is 3.63. The molecule has 0 spiro atoms.